The number of hydrogen-bond donors (Lipinski definition) is 2. The topological polar surface area (TPSA) is 229 Å². The number of fused-ring (bicyclic) bond motifs is 2. The summed E-state index contributed by atoms with van der Waals surface area (Å²) in [5, 5.41) is 23.0. The van der Waals surface area contributed by atoms with Gasteiger partial charge < -0.3 is 49.4 Å². The predicted molar refractivity (Wildman–Crippen MR) is 580 cm³/mol. The fourth-order valence-electron chi connectivity index (χ4n) is 17.1. The number of likely N-dealkylation sites (N-methyl/N-ethyl adjacent to an activating group) is 1. The molecule has 26 heteroatoms. The number of unbranched alkanes of at least 4 members (excludes halogenated alkanes) is 5. The second-order valence-corrected chi connectivity index (χ2v) is 51.4. The van der Waals surface area contributed by atoms with E-state index in [9.17, 15) is 35.2 Å². The highest BCUT2D eigenvalue weighted by molar-refractivity contribution is 8.04. The number of para-hydroxylation sites is 1. The third-order valence-electron chi connectivity index (χ3n) is 25.1. The number of piperidine rings is 2. The van der Waals surface area contributed by atoms with Gasteiger partial charge in [0.25, 0.3) is 0 Å². The summed E-state index contributed by atoms with van der Waals surface area (Å²) in [5.74, 6) is 9.09. The van der Waals surface area contributed by atoms with E-state index in [0.717, 1.165) is 135 Å². The molecule has 0 spiro atoms. The summed E-state index contributed by atoms with van der Waals surface area (Å²) in [6.07, 6.45) is 23.1. The number of carboxylic acid groups (broad SMARTS) is 1. The molecule has 7 saturated heterocycles. The normalized spacial score (nSPS) is 16.8. The van der Waals surface area contributed by atoms with Crippen LogP contribution in [0.5, 0.6) is 11.5 Å². The van der Waals surface area contributed by atoms with Gasteiger partial charge in [-0.05, 0) is 258 Å². The number of aliphatic carboxylic acids is 1. The van der Waals surface area contributed by atoms with Crippen LogP contribution in [0.15, 0.2) is 248 Å². The van der Waals surface area contributed by atoms with Crippen LogP contribution in [0.25, 0.3) is 31.6 Å². The molecule has 7 aliphatic rings. The van der Waals surface area contributed by atoms with Gasteiger partial charge in [0.15, 0.2) is 29.4 Å². The van der Waals surface area contributed by atoms with Crippen molar-refractivity contribution in [2.45, 2.75) is 219 Å². The molecule has 7 aliphatic heterocycles. The van der Waals surface area contributed by atoms with E-state index in [1.807, 2.05) is 6.07 Å². The summed E-state index contributed by atoms with van der Waals surface area (Å²) < 4.78 is 85.7. The largest absolute Gasteiger partial charge is 0.662 e. The van der Waals surface area contributed by atoms with Crippen molar-refractivity contribution in [2.24, 2.45) is 5.92 Å². The lowest BCUT2D eigenvalue weighted by Crippen LogP contribution is -2.46. The Morgan fingerprint density at radius 3 is 1.32 bits per heavy atom. The van der Waals surface area contributed by atoms with Crippen LogP contribution >= 0.6 is 0 Å². The third-order valence-corrected chi connectivity index (χ3v) is 39.8. The van der Waals surface area contributed by atoms with Gasteiger partial charge in [-0.2, -0.15) is 6.54 Å². The zero-order chi connectivity index (χ0) is 97.1. The highest BCUT2D eigenvalue weighted by atomic mass is 32.3. The molecule has 7 heterocycles. The fraction of sp³-hybridized carbons (Fsp3) is 0.536. The van der Waals surface area contributed by atoms with Crippen LogP contribution < -0.4 is 28.9 Å². The lowest BCUT2D eigenvalue weighted by molar-refractivity contribution is -0.312. The molecule has 16 rings (SSSR count). The van der Waals surface area contributed by atoms with Crippen LogP contribution in [0, 0.1) is 5.92 Å². The maximum atomic E-state index is 11.5. The molecule has 0 amide bonds. The summed E-state index contributed by atoms with van der Waals surface area (Å²) >= 11 is 0. The molecular formula is C110H162N9O10S7+. The Morgan fingerprint density at radius 1 is 0.456 bits per heavy atom. The first-order chi connectivity index (χ1) is 65.9. The number of nitrogens with one attached hydrogen (secondary N) is 2. The molecule has 748 valence electrons. The highest BCUT2D eigenvalue weighted by Crippen LogP contribution is 2.38. The molecule has 0 aliphatic carbocycles. The standard InChI is InChI=1S/2C18H23OS.C18H15S.C16H26N3O2S.C14H21S.C12H26N3.C8H18N2O4S2.C6H11NO2/c2*1-2-3-12-19-17-10-11-18(20-13-6-7-14-20)16-9-5-4-8-15(16)17;1-4-10-16(11-5-1)19(17-12-6-2-7-13-17)18-14-8-3-9-15-18;1-2-17-22(20,21)15-7-6-10-18-11-13-19(14-12-18)16-8-4-3-5-9-16;1-14(2,3)12-6-8-13(9-7-12)15-10-4-5-11-15;1-3-13-7-5-4-6-8-15-11-9-14(2)10-12-15;1-2-15(11,12)9-16(13,14)8-10-6-4-3-5-7-10;8-6(9)5-1-3-7-4-2-5/h2*4-5,8-11H,2-3,6-7,12-14H2,1H3;1-15H;3-5,8-9H,2,6-7,10-15H2,1H3;6-9H,4-5,10-11H2,1-3H3;3-12H2,1-2H3;9H,2-8H2,1H3;5,7H,1-4H2,(H,8,9)/q3*+1;-1;+1;-1;;/p-1. The van der Waals surface area contributed by atoms with E-state index in [1.54, 1.807) is 30.6 Å². The molecule has 0 atom stereocenters. The highest BCUT2D eigenvalue weighted by Gasteiger charge is 2.33. The number of piperazine rings is 2. The number of carbonyl (C=O) groups is 1. The van der Waals surface area contributed by atoms with Crippen LogP contribution in [0.4, 0.5) is 5.69 Å². The minimum atomic E-state index is -3.76. The van der Waals surface area contributed by atoms with Gasteiger partial charge in [0.1, 0.15) is 51.9 Å². The maximum absolute atomic E-state index is 11.5. The van der Waals surface area contributed by atoms with Crippen LogP contribution in [0.1, 0.15) is 189 Å². The van der Waals surface area contributed by atoms with Crippen LogP contribution in [-0.4, -0.2) is 234 Å². The Hall–Kier alpha value is -6.70. The number of carbonyl (C=O) groups excluding carboxylic acids is 1. The van der Waals surface area contributed by atoms with Gasteiger partial charge in [-0.3, -0.25) is 9.80 Å². The zero-order valence-electron chi connectivity index (χ0n) is 83.4. The Bertz CT molecular complexity index is 4930. The van der Waals surface area contributed by atoms with Crippen LogP contribution in [-0.2, 0) is 83.9 Å². The van der Waals surface area contributed by atoms with Crippen molar-refractivity contribution in [3.63, 3.8) is 0 Å². The number of ether oxygens (including phenoxy) is 2. The van der Waals surface area contributed by atoms with Crippen molar-refractivity contribution in [3.05, 3.63) is 234 Å². The van der Waals surface area contributed by atoms with Gasteiger partial charge in [-0.1, -0.05) is 202 Å². The van der Waals surface area contributed by atoms with Crippen molar-refractivity contribution in [2.75, 3.05) is 188 Å². The Kier molecular flexibility index (Phi) is 51.9. The molecule has 0 unspecified atom stereocenters. The van der Waals surface area contributed by atoms with Crippen molar-refractivity contribution in [3.8, 4) is 11.5 Å². The summed E-state index contributed by atoms with van der Waals surface area (Å²) in [6, 6.07) is 78.5. The average Bonchev–Trinajstić information content (AvgIpc) is 1.16. The number of carboxylic acids is 1. The van der Waals surface area contributed by atoms with Crippen molar-refractivity contribution >= 4 is 107 Å². The quantitative estimate of drug-likeness (QED) is 0.0278. The Morgan fingerprint density at radius 2 is 0.890 bits per heavy atom. The molecule has 0 bridgehead atoms. The number of anilines is 1. The molecule has 9 aromatic rings. The lowest BCUT2D eigenvalue weighted by Gasteiger charge is -2.36. The second kappa shape index (κ2) is 62.6. The number of sulfonamides is 3. The van der Waals surface area contributed by atoms with E-state index in [0.29, 0.717) is 58.7 Å². The van der Waals surface area contributed by atoms with E-state index < -0.39 is 36.0 Å². The summed E-state index contributed by atoms with van der Waals surface area (Å²) in [5.41, 5.74) is 3.03. The fourth-order valence-corrected chi connectivity index (χ4v) is 30.6. The summed E-state index contributed by atoms with van der Waals surface area (Å²) in [4.78, 5) is 30.6. The van der Waals surface area contributed by atoms with E-state index in [2.05, 4.69) is 296 Å². The monoisotopic (exact) mass is 1990 g/mol. The lowest BCUT2D eigenvalue weighted by atomic mass is 9.87. The Balaban J connectivity index is 0.000000176. The molecule has 136 heavy (non-hydrogen) atoms. The van der Waals surface area contributed by atoms with E-state index >= 15 is 0 Å². The molecule has 19 nitrogen and oxygen atoms in total. The number of nitrogens with zero attached hydrogens (tertiary/aromatic N) is 7. The zero-order valence-corrected chi connectivity index (χ0v) is 89.1. The molecule has 0 radical (unpaired) electrons. The van der Waals surface area contributed by atoms with Crippen LogP contribution in [0.3, 0.4) is 0 Å². The van der Waals surface area contributed by atoms with Gasteiger partial charge >= 0.3 is 0 Å². The smallest absolute Gasteiger partial charge is 0.237 e. The SMILES string of the molecule is CC(C)(C)c1ccc([S+]2CCCC2)cc1.CCCCOc1ccc([S+]2CCCC2)c2ccccc12.CCCCOc1ccc([S+]2CCCC2)c2ccccc12.CCS(=O)(=O)NS(=O)(=O)CN1CCCCC1.CC[N-]CCCCCN1CCN(C)CC1.CC[N-]S(=O)(=O)CCCCN1CCN(c2ccccc2)CC1.O=C([O-])C1CCNCC1.c1ccc([S+](c2ccccc2)c2ccccc2)cc1. The number of hydrogen-bond acceptors (Lipinski definition) is 16. The van der Waals surface area contributed by atoms with Gasteiger partial charge in [0.2, 0.25) is 20.0 Å². The second-order valence-electron chi connectivity index (χ2n) is 36.8. The Labute approximate surface area is 832 Å². The first kappa shape index (κ1) is 113. The minimum Gasteiger partial charge on any atom is -0.662 e. The van der Waals surface area contributed by atoms with Gasteiger partial charge in [-0.25, -0.2) is 25.3 Å². The third kappa shape index (κ3) is 41.1. The van der Waals surface area contributed by atoms with Crippen molar-refractivity contribution in [1.29, 1.82) is 0 Å². The van der Waals surface area contributed by atoms with E-state index in [1.165, 1.54) is 192 Å². The first-order valence-corrected chi connectivity index (χ1v) is 61.4. The summed E-state index contributed by atoms with van der Waals surface area (Å²) in [7, 11) is -6.94. The molecule has 2 N–H and O–H groups in total. The molecule has 0 saturated carbocycles. The summed E-state index contributed by atoms with van der Waals surface area (Å²) in [6.45, 7) is 35.1. The van der Waals surface area contributed by atoms with Gasteiger partial charge in [0.05, 0.1) is 39.9 Å². The van der Waals surface area contributed by atoms with Crippen molar-refractivity contribution < 1.29 is 44.6 Å². The van der Waals surface area contributed by atoms with Gasteiger partial charge in [-0.15, -0.1) is 17.2 Å². The van der Waals surface area contributed by atoms with E-state index in [-0.39, 0.29) is 39.6 Å². The molecule has 7 fully saturated rings. The van der Waals surface area contributed by atoms with Crippen molar-refractivity contribution in [1.82, 2.24) is 29.0 Å². The van der Waals surface area contributed by atoms with Crippen LogP contribution in [0.2, 0.25) is 0 Å². The van der Waals surface area contributed by atoms with E-state index in [4.69, 9.17) is 9.47 Å². The average molecular weight is 2000 g/mol. The number of likely N-dealkylation sites (tertiary alicyclic amines) is 1. The minimum absolute atomic E-state index is 0.0146. The molecule has 9 aromatic carbocycles. The van der Waals surface area contributed by atoms with Gasteiger partial charge in [0, 0.05) is 130 Å². The first-order valence-electron chi connectivity index (χ1n) is 50.6. The predicted octanol–water partition coefficient (Wildman–Crippen LogP) is 20.7. The number of rotatable bonds is 35. The molecule has 0 aromatic heterocycles. The number of benzene rings is 9. The molecular weight excluding hydrogens is 1830 g/mol. The maximum Gasteiger partial charge on any atom is 0.237 e.